The maximum atomic E-state index is 8.00. The quantitative estimate of drug-likeness (QED) is 0.454. The van der Waals surface area contributed by atoms with Gasteiger partial charge in [-0.1, -0.05) is 11.2 Å². The molecule has 0 unspecified atom stereocenters. The zero-order chi connectivity index (χ0) is 9.52. The number of pyridine rings is 1. The first kappa shape index (κ1) is 9.77. The van der Waals surface area contributed by atoms with Crippen molar-refractivity contribution >= 4 is 22.0 Å². The van der Waals surface area contributed by atoms with Crippen LogP contribution in [0, 0.1) is 0 Å². The second-order valence-corrected chi connectivity index (χ2v) is 3.13. The topological polar surface area (TPSA) is 61.7 Å². The van der Waals surface area contributed by atoms with E-state index in [1.165, 1.54) is 0 Å². The van der Waals surface area contributed by atoms with Crippen molar-refractivity contribution in [1.29, 1.82) is 0 Å². The second-order valence-electron chi connectivity index (χ2n) is 2.22. The molecule has 0 N–H and O–H groups in total. The van der Waals surface area contributed by atoms with E-state index in [2.05, 4.69) is 30.9 Å². The van der Waals surface area contributed by atoms with Crippen LogP contribution in [0.4, 0.5) is 0 Å². The molecular formula is C8H7BrN4. The van der Waals surface area contributed by atoms with Crippen molar-refractivity contribution in [3.63, 3.8) is 0 Å². The Morgan fingerprint density at radius 3 is 3.08 bits per heavy atom. The number of nitrogens with zero attached hydrogens (tertiary/aromatic N) is 4. The summed E-state index contributed by atoms with van der Waals surface area (Å²) in [7, 11) is 0. The zero-order valence-corrected chi connectivity index (χ0v) is 8.35. The number of halogens is 1. The minimum absolute atomic E-state index is 0.355. The standard InChI is InChI=1S/C8H7BrN4/c9-7-3-4-8(11-6-7)2-1-5-12-13-10/h1-4,6H,5H2. The van der Waals surface area contributed by atoms with Crippen molar-refractivity contribution in [1.82, 2.24) is 4.98 Å². The summed E-state index contributed by atoms with van der Waals surface area (Å²) in [4.78, 5) is 6.73. The van der Waals surface area contributed by atoms with Crippen LogP contribution in [0.25, 0.3) is 16.5 Å². The van der Waals surface area contributed by atoms with Crippen molar-refractivity contribution in [3.8, 4) is 0 Å². The van der Waals surface area contributed by atoms with Crippen molar-refractivity contribution in [2.45, 2.75) is 0 Å². The first-order chi connectivity index (χ1) is 6.33. The molecule has 13 heavy (non-hydrogen) atoms. The Hall–Kier alpha value is -1.32. The smallest absolute Gasteiger partial charge is 0.0627 e. The van der Waals surface area contributed by atoms with E-state index in [0.717, 1.165) is 10.2 Å². The fourth-order valence-corrected chi connectivity index (χ4v) is 0.977. The fraction of sp³-hybridized carbons (Fsp3) is 0.125. The van der Waals surface area contributed by atoms with Gasteiger partial charge in [-0.3, -0.25) is 4.98 Å². The molecule has 0 aliphatic carbocycles. The molecule has 0 amide bonds. The molecule has 0 spiro atoms. The molecule has 0 radical (unpaired) electrons. The van der Waals surface area contributed by atoms with Gasteiger partial charge in [-0.05, 0) is 39.7 Å². The molecular weight excluding hydrogens is 232 g/mol. The van der Waals surface area contributed by atoms with E-state index in [0.29, 0.717) is 6.54 Å². The molecule has 5 heteroatoms. The van der Waals surface area contributed by atoms with Gasteiger partial charge in [0.25, 0.3) is 0 Å². The van der Waals surface area contributed by atoms with Gasteiger partial charge >= 0.3 is 0 Å². The van der Waals surface area contributed by atoms with E-state index in [-0.39, 0.29) is 0 Å². The van der Waals surface area contributed by atoms with Crippen LogP contribution in [0.1, 0.15) is 5.69 Å². The number of hydrogen-bond acceptors (Lipinski definition) is 2. The Morgan fingerprint density at radius 2 is 2.46 bits per heavy atom. The van der Waals surface area contributed by atoms with Crippen LogP contribution in [0.2, 0.25) is 0 Å². The van der Waals surface area contributed by atoms with Gasteiger partial charge in [0, 0.05) is 22.1 Å². The summed E-state index contributed by atoms with van der Waals surface area (Å²) in [5.41, 5.74) is 8.85. The number of aromatic nitrogens is 1. The van der Waals surface area contributed by atoms with Crippen LogP contribution < -0.4 is 0 Å². The zero-order valence-electron chi connectivity index (χ0n) is 6.76. The molecule has 1 rings (SSSR count). The molecule has 0 fully saturated rings. The minimum Gasteiger partial charge on any atom is -0.256 e. The summed E-state index contributed by atoms with van der Waals surface area (Å²) in [5.74, 6) is 0. The van der Waals surface area contributed by atoms with Gasteiger partial charge in [0.05, 0.1) is 5.69 Å². The van der Waals surface area contributed by atoms with Crippen LogP contribution >= 0.6 is 15.9 Å². The molecule has 0 saturated heterocycles. The maximum absolute atomic E-state index is 8.00. The highest BCUT2D eigenvalue weighted by Crippen LogP contribution is 2.07. The Bertz CT molecular complexity index is 338. The van der Waals surface area contributed by atoms with E-state index in [9.17, 15) is 0 Å². The highest BCUT2D eigenvalue weighted by molar-refractivity contribution is 9.10. The normalized spacial score (nSPS) is 9.92. The molecule has 1 aromatic rings. The molecule has 0 aliphatic rings. The van der Waals surface area contributed by atoms with Gasteiger partial charge in [0.2, 0.25) is 0 Å². The third kappa shape index (κ3) is 3.73. The lowest BCUT2D eigenvalue weighted by molar-refractivity contribution is 1.21. The maximum Gasteiger partial charge on any atom is 0.0627 e. The molecule has 4 nitrogen and oxygen atoms in total. The van der Waals surface area contributed by atoms with Crippen LogP contribution in [0.3, 0.4) is 0 Å². The molecule has 0 atom stereocenters. The average molecular weight is 239 g/mol. The summed E-state index contributed by atoms with van der Waals surface area (Å²) < 4.78 is 0.944. The van der Waals surface area contributed by atoms with E-state index in [1.807, 2.05) is 12.1 Å². The highest BCUT2D eigenvalue weighted by atomic mass is 79.9. The second kappa shape index (κ2) is 5.35. The summed E-state index contributed by atoms with van der Waals surface area (Å²) in [6, 6.07) is 3.77. The van der Waals surface area contributed by atoms with Gasteiger partial charge < -0.3 is 0 Å². The van der Waals surface area contributed by atoms with Gasteiger partial charge in [-0.15, -0.1) is 0 Å². The van der Waals surface area contributed by atoms with Gasteiger partial charge in [0.1, 0.15) is 0 Å². The summed E-state index contributed by atoms with van der Waals surface area (Å²) >= 11 is 3.29. The number of azide groups is 1. The molecule has 66 valence electrons. The number of rotatable bonds is 3. The van der Waals surface area contributed by atoms with Crippen molar-refractivity contribution in [3.05, 3.63) is 45.0 Å². The third-order valence-electron chi connectivity index (χ3n) is 1.29. The van der Waals surface area contributed by atoms with Gasteiger partial charge in [0.15, 0.2) is 0 Å². The Kier molecular flexibility index (Phi) is 4.02. The molecule has 0 bridgehead atoms. The lowest BCUT2D eigenvalue weighted by atomic mass is 10.3. The van der Waals surface area contributed by atoms with Crippen molar-refractivity contribution in [2.75, 3.05) is 6.54 Å². The van der Waals surface area contributed by atoms with Crippen molar-refractivity contribution < 1.29 is 0 Å². The Balaban J connectivity index is 2.58. The first-order valence-electron chi connectivity index (χ1n) is 3.62. The van der Waals surface area contributed by atoms with Crippen LogP contribution in [0.15, 0.2) is 34.0 Å². The monoisotopic (exact) mass is 238 g/mol. The van der Waals surface area contributed by atoms with E-state index in [4.69, 9.17) is 5.53 Å². The molecule has 0 aliphatic heterocycles. The molecule has 0 aromatic carbocycles. The molecule has 0 saturated carbocycles. The lowest BCUT2D eigenvalue weighted by Crippen LogP contribution is -1.78. The minimum atomic E-state index is 0.355. The lowest BCUT2D eigenvalue weighted by Gasteiger charge is -1.91. The summed E-state index contributed by atoms with van der Waals surface area (Å²) in [6.45, 7) is 0.355. The molecule has 1 heterocycles. The van der Waals surface area contributed by atoms with E-state index < -0.39 is 0 Å². The predicted molar refractivity (Wildman–Crippen MR) is 55.0 cm³/mol. The molecule has 1 aromatic heterocycles. The Morgan fingerprint density at radius 1 is 1.62 bits per heavy atom. The van der Waals surface area contributed by atoms with Crippen LogP contribution in [-0.2, 0) is 0 Å². The SMILES string of the molecule is [N-]=[N+]=NCC=Cc1ccc(Br)cn1. The third-order valence-corrected chi connectivity index (χ3v) is 1.76. The van der Waals surface area contributed by atoms with E-state index >= 15 is 0 Å². The number of hydrogen-bond donors (Lipinski definition) is 0. The van der Waals surface area contributed by atoms with Crippen molar-refractivity contribution in [2.24, 2.45) is 5.11 Å². The predicted octanol–water partition coefficient (Wildman–Crippen LogP) is 3.17. The van der Waals surface area contributed by atoms with Crippen LogP contribution in [0.5, 0.6) is 0 Å². The highest BCUT2D eigenvalue weighted by Gasteiger charge is 1.87. The fourth-order valence-electron chi connectivity index (χ4n) is 0.743. The average Bonchev–Trinajstić information content (AvgIpc) is 2.15. The van der Waals surface area contributed by atoms with Gasteiger partial charge in [-0.25, -0.2) is 0 Å². The Labute approximate surface area is 84.1 Å². The summed E-state index contributed by atoms with van der Waals surface area (Å²) in [5, 5.41) is 3.36. The van der Waals surface area contributed by atoms with Crippen LogP contribution in [-0.4, -0.2) is 11.5 Å². The largest absolute Gasteiger partial charge is 0.256 e. The first-order valence-corrected chi connectivity index (χ1v) is 4.41. The summed E-state index contributed by atoms with van der Waals surface area (Å²) in [6.07, 6.45) is 5.28. The van der Waals surface area contributed by atoms with E-state index in [1.54, 1.807) is 18.3 Å². The van der Waals surface area contributed by atoms with Gasteiger partial charge in [-0.2, -0.15) is 0 Å².